The summed E-state index contributed by atoms with van der Waals surface area (Å²) >= 11 is 0. The van der Waals surface area contributed by atoms with Crippen LogP contribution in [-0.2, 0) is 0 Å². The molecule has 1 aromatic heterocycles. The highest BCUT2D eigenvalue weighted by Crippen LogP contribution is 2.38. The predicted octanol–water partition coefficient (Wildman–Crippen LogP) is 15.8. The second-order valence-corrected chi connectivity index (χ2v) is 18.1. The van der Waals surface area contributed by atoms with Gasteiger partial charge in [-0.1, -0.05) is 237 Å². The molecule has 0 bridgehead atoms. The molecular weight excluding hydrogens is 877 g/mol. The fourth-order valence-corrected chi connectivity index (χ4v) is 9.83. The molecule has 1 N–H and O–H groups in total. The summed E-state index contributed by atoms with van der Waals surface area (Å²) in [7, 11) is 0. The molecule has 0 radical (unpaired) electrons. The van der Waals surface area contributed by atoms with Gasteiger partial charge in [0.25, 0.3) is 0 Å². The van der Waals surface area contributed by atoms with Crippen LogP contribution in [0.5, 0.6) is 0 Å². The number of aromatic nitrogens is 3. The molecule has 0 saturated heterocycles. The number of nitrogens with zero attached hydrogens (tertiary/aromatic N) is 5. The summed E-state index contributed by atoms with van der Waals surface area (Å²) in [6.45, 7) is 0. The fourth-order valence-electron chi connectivity index (χ4n) is 9.83. The zero-order chi connectivity index (χ0) is 47.8. The molecule has 0 spiro atoms. The number of benzene rings is 11. The molecule has 0 saturated carbocycles. The standard InChI is InChI=1S/C66H44N6/c1-4-15-46(16-5-1)61-67-62(47-17-6-2-7-18-47)69-64(68-61)49-31-26-44(27-32-49)52-36-38-57-54(40-52)22-12-24-59(57)60-25-13-23-55-41-53(37-39-58(55)60)45-28-33-50(34-29-45)65-70-63(48-19-8-3-9-20-48)71-66(72-65)56-35-30-43-14-10-11-21-51(43)42-56/h1-42,66H,(H,70,71,72). The summed E-state index contributed by atoms with van der Waals surface area (Å²) in [5.41, 5.74) is 12.9. The third-order valence-corrected chi connectivity index (χ3v) is 13.6. The molecular formula is C66H44N6. The molecule has 0 amide bonds. The highest BCUT2D eigenvalue weighted by molar-refractivity contribution is 6.13. The molecule has 1 unspecified atom stereocenters. The second kappa shape index (κ2) is 18.3. The first kappa shape index (κ1) is 42.5. The van der Waals surface area contributed by atoms with Crippen molar-refractivity contribution >= 4 is 44.0 Å². The number of hydrogen-bond donors (Lipinski definition) is 1. The van der Waals surface area contributed by atoms with Gasteiger partial charge in [0, 0.05) is 27.8 Å². The first-order valence-electron chi connectivity index (χ1n) is 24.3. The summed E-state index contributed by atoms with van der Waals surface area (Å²) in [6, 6.07) is 89.4. The average molecular weight is 921 g/mol. The van der Waals surface area contributed by atoms with Gasteiger partial charge >= 0.3 is 0 Å². The Bertz CT molecular complexity index is 3980. The first-order chi connectivity index (χ1) is 35.6. The Morgan fingerprint density at radius 3 is 1.26 bits per heavy atom. The topological polar surface area (TPSA) is 75.4 Å². The van der Waals surface area contributed by atoms with Crippen LogP contribution in [0.25, 0.3) is 99.9 Å². The van der Waals surface area contributed by atoms with Crippen molar-refractivity contribution < 1.29 is 0 Å². The van der Waals surface area contributed by atoms with Crippen molar-refractivity contribution in [3.63, 3.8) is 0 Å². The Balaban J connectivity index is 0.771. The van der Waals surface area contributed by atoms with Crippen LogP contribution in [0.15, 0.2) is 265 Å². The number of hydrogen-bond acceptors (Lipinski definition) is 6. The zero-order valence-corrected chi connectivity index (χ0v) is 39.1. The molecule has 0 fully saturated rings. The van der Waals surface area contributed by atoms with E-state index < -0.39 is 0 Å². The maximum Gasteiger partial charge on any atom is 0.164 e. The number of fused-ring (bicyclic) bond motifs is 3. The van der Waals surface area contributed by atoms with Crippen LogP contribution in [0.1, 0.15) is 22.9 Å². The van der Waals surface area contributed by atoms with Crippen molar-refractivity contribution in [2.24, 2.45) is 9.98 Å². The van der Waals surface area contributed by atoms with Crippen LogP contribution < -0.4 is 5.32 Å². The van der Waals surface area contributed by atoms with Crippen molar-refractivity contribution in [2.75, 3.05) is 0 Å². The highest BCUT2D eigenvalue weighted by atomic mass is 15.2. The number of nitrogens with one attached hydrogen (secondary N) is 1. The Labute approximate surface area is 417 Å². The quantitative estimate of drug-likeness (QED) is 0.156. The van der Waals surface area contributed by atoms with Crippen molar-refractivity contribution in [2.45, 2.75) is 6.17 Å². The third-order valence-electron chi connectivity index (χ3n) is 13.6. The van der Waals surface area contributed by atoms with E-state index in [0.29, 0.717) is 23.3 Å². The molecule has 6 heteroatoms. The lowest BCUT2D eigenvalue weighted by Crippen LogP contribution is -2.33. The molecule has 1 aliphatic rings. The molecule has 1 atom stereocenters. The van der Waals surface area contributed by atoms with Crippen molar-refractivity contribution in [3.05, 3.63) is 271 Å². The predicted molar refractivity (Wildman–Crippen MR) is 297 cm³/mol. The van der Waals surface area contributed by atoms with Gasteiger partial charge in [-0.2, -0.15) is 0 Å². The molecule has 11 aromatic carbocycles. The Morgan fingerprint density at radius 2 is 0.722 bits per heavy atom. The van der Waals surface area contributed by atoms with E-state index in [1.54, 1.807) is 0 Å². The molecule has 12 aromatic rings. The van der Waals surface area contributed by atoms with Crippen LogP contribution in [0.4, 0.5) is 0 Å². The summed E-state index contributed by atoms with van der Waals surface area (Å²) in [4.78, 5) is 24.9. The minimum absolute atomic E-state index is 0.285. The Kier molecular flexibility index (Phi) is 10.8. The molecule has 6 nitrogen and oxygen atoms in total. The van der Waals surface area contributed by atoms with Gasteiger partial charge in [-0.05, 0) is 89.5 Å². The molecule has 13 rings (SSSR count). The van der Waals surface area contributed by atoms with E-state index in [0.717, 1.165) is 61.5 Å². The van der Waals surface area contributed by atoms with E-state index in [1.165, 1.54) is 43.4 Å². The monoisotopic (exact) mass is 920 g/mol. The van der Waals surface area contributed by atoms with Crippen LogP contribution >= 0.6 is 0 Å². The van der Waals surface area contributed by atoms with Crippen molar-refractivity contribution in [3.8, 4) is 67.5 Å². The Hall–Kier alpha value is -9.65. The van der Waals surface area contributed by atoms with Gasteiger partial charge in [0.1, 0.15) is 12.0 Å². The minimum Gasteiger partial charge on any atom is -0.344 e. The normalized spacial score (nSPS) is 13.4. The van der Waals surface area contributed by atoms with E-state index in [2.05, 4.69) is 181 Å². The van der Waals surface area contributed by atoms with Gasteiger partial charge in [0.15, 0.2) is 23.3 Å². The first-order valence-corrected chi connectivity index (χ1v) is 24.3. The zero-order valence-electron chi connectivity index (χ0n) is 39.1. The van der Waals surface area contributed by atoms with E-state index in [-0.39, 0.29) is 6.17 Å². The van der Waals surface area contributed by atoms with Crippen molar-refractivity contribution in [1.29, 1.82) is 0 Å². The fraction of sp³-hybridized carbons (Fsp3) is 0.0152. The summed E-state index contributed by atoms with van der Waals surface area (Å²) < 4.78 is 0. The molecule has 2 heterocycles. The van der Waals surface area contributed by atoms with Gasteiger partial charge < -0.3 is 5.32 Å². The van der Waals surface area contributed by atoms with Crippen LogP contribution in [0.3, 0.4) is 0 Å². The van der Waals surface area contributed by atoms with Crippen LogP contribution in [-0.4, -0.2) is 26.6 Å². The molecule has 0 aliphatic carbocycles. The lowest BCUT2D eigenvalue weighted by Gasteiger charge is -2.24. The smallest absolute Gasteiger partial charge is 0.164 e. The van der Waals surface area contributed by atoms with Gasteiger partial charge in [-0.15, -0.1) is 0 Å². The lowest BCUT2D eigenvalue weighted by molar-refractivity contribution is 0.675. The highest BCUT2D eigenvalue weighted by Gasteiger charge is 2.22. The maximum absolute atomic E-state index is 5.10. The summed E-state index contributed by atoms with van der Waals surface area (Å²) in [5.74, 6) is 3.44. The Morgan fingerprint density at radius 1 is 0.292 bits per heavy atom. The number of aliphatic imine (C=N–C) groups is 2. The van der Waals surface area contributed by atoms with Gasteiger partial charge in [-0.3, -0.25) is 0 Å². The summed E-state index contributed by atoms with van der Waals surface area (Å²) in [6.07, 6.45) is -0.285. The largest absolute Gasteiger partial charge is 0.344 e. The van der Waals surface area contributed by atoms with Crippen LogP contribution in [0.2, 0.25) is 0 Å². The second-order valence-electron chi connectivity index (χ2n) is 18.1. The van der Waals surface area contributed by atoms with E-state index >= 15 is 0 Å². The van der Waals surface area contributed by atoms with E-state index in [4.69, 9.17) is 24.9 Å². The average Bonchev–Trinajstić information content (AvgIpc) is 3.47. The number of amidine groups is 2. The third kappa shape index (κ3) is 8.27. The van der Waals surface area contributed by atoms with Crippen molar-refractivity contribution in [1.82, 2.24) is 20.3 Å². The van der Waals surface area contributed by atoms with E-state index in [9.17, 15) is 0 Å². The number of rotatable bonds is 9. The lowest BCUT2D eigenvalue weighted by atomic mass is 9.91. The summed E-state index contributed by atoms with van der Waals surface area (Å²) in [5, 5.41) is 10.8. The maximum atomic E-state index is 5.10. The SMILES string of the molecule is c1ccc(C2=NC(c3ccc4ccccc4c3)NC(c3ccc(-c4ccc5c(-c6cccc7cc(-c8ccc(-c9nc(-c%10ccccc%10)nc(-c%10ccccc%10)n9)cc8)ccc67)cccc5c4)cc3)=N2)cc1. The van der Waals surface area contributed by atoms with Crippen LogP contribution in [0, 0.1) is 0 Å². The molecule has 72 heavy (non-hydrogen) atoms. The van der Waals surface area contributed by atoms with Gasteiger partial charge in [0.05, 0.1) is 0 Å². The van der Waals surface area contributed by atoms with Gasteiger partial charge in [-0.25, -0.2) is 24.9 Å². The minimum atomic E-state index is -0.285. The molecule has 1 aliphatic heterocycles. The van der Waals surface area contributed by atoms with Gasteiger partial charge in [0.2, 0.25) is 0 Å². The van der Waals surface area contributed by atoms with E-state index in [1.807, 2.05) is 78.9 Å². The molecule has 338 valence electrons.